The van der Waals surface area contributed by atoms with E-state index in [-0.39, 0.29) is 24.9 Å². The van der Waals surface area contributed by atoms with Crippen LogP contribution in [0.4, 0.5) is 0 Å². The van der Waals surface area contributed by atoms with Gasteiger partial charge in [0.25, 0.3) is 0 Å². The van der Waals surface area contributed by atoms with E-state index in [4.69, 9.17) is 9.52 Å². The minimum atomic E-state index is -0.919. The Balaban J connectivity index is 1.87. The molecule has 1 aliphatic heterocycles. The molecule has 0 radical (unpaired) electrons. The first-order chi connectivity index (χ1) is 9.56. The normalized spacial score (nSPS) is 20.6. The first-order valence-corrected chi connectivity index (χ1v) is 6.57. The van der Waals surface area contributed by atoms with Crippen LogP contribution < -0.4 is 0 Å². The van der Waals surface area contributed by atoms with Gasteiger partial charge in [0.2, 0.25) is 5.91 Å². The molecule has 1 saturated heterocycles. The molecule has 1 aliphatic rings. The van der Waals surface area contributed by atoms with Gasteiger partial charge in [-0.05, 0) is 19.1 Å². The molecular weight excluding hydrogens is 258 g/mol. The van der Waals surface area contributed by atoms with E-state index in [2.05, 4.69) is 0 Å². The van der Waals surface area contributed by atoms with Gasteiger partial charge in [-0.2, -0.15) is 0 Å². The van der Waals surface area contributed by atoms with Crippen molar-refractivity contribution in [2.24, 2.45) is 5.92 Å². The zero-order valence-corrected chi connectivity index (χ0v) is 11.1. The minimum Gasteiger partial charge on any atom is -0.481 e. The number of likely N-dealkylation sites (tertiary alicyclic amines) is 1. The smallest absolute Gasteiger partial charge is 0.308 e. The first-order valence-electron chi connectivity index (χ1n) is 6.57. The fourth-order valence-corrected chi connectivity index (χ4v) is 2.63. The van der Waals surface area contributed by atoms with E-state index in [0.717, 1.165) is 11.0 Å². The highest BCUT2D eigenvalue weighted by Gasteiger charge is 2.37. The van der Waals surface area contributed by atoms with Gasteiger partial charge >= 0.3 is 5.97 Å². The van der Waals surface area contributed by atoms with E-state index in [1.165, 1.54) is 0 Å². The number of amides is 1. The maximum atomic E-state index is 11.9. The lowest BCUT2D eigenvalue weighted by molar-refractivity contribution is -0.141. The van der Waals surface area contributed by atoms with Crippen LogP contribution in [0.25, 0.3) is 11.0 Å². The largest absolute Gasteiger partial charge is 0.481 e. The van der Waals surface area contributed by atoms with Gasteiger partial charge in [0.1, 0.15) is 11.3 Å². The number of carboxylic acid groups (broad SMARTS) is 1. The predicted octanol–water partition coefficient (Wildman–Crippen LogP) is 2.43. The number of nitrogens with zero attached hydrogens (tertiary/aromatic N) is 1. The van der Waals surface area contributed by atoms with E-state index in [1.54, 1.807) is 4.90 Å². The number of para-hydroxylation sites is 1. The quantitative estimate of drug-likeness (QED) is 0.932. The van der Waals surface area contributed by atoms with E-state index < -0.39 is 11.9 Å². The SMILES string of the molecule is C[C@H](c1cc2ccccc2o1)N1C[C@H](C(=O)O)CC1=O. The molecule has 104 valence electrons. The first kappa shape index (κ1) is 12.7. The van der Waals surface area contributed by atoms with Gasteiger partial charge in [-0.1, -0.05) is 18.2 Å². The molecule has 0 bridgehead atoms. The number of carbonyl (C=O) groups is 2. The molecule has 5 nitrogen and oxygen atoms in total. The number of hydrogen-bond donors (Lipinski definition) is 1. The third-order valence-corrected chi connectivity index (χ3v) is 3.83. The molecule has 1 fully saturated rings. The van der Waals surface area contributed by atoms with E-state index >= 15 is 0 Å². The van der Waals surface area contributed by atoms with Crippen molar-refractivity contribution in [1.82, 2.24) is 4.90 Å². The molecule has 1 aromatic heterocycles. The molecule has 2 heterocycles. The van der Waals surface area contributed by atoms with Crippen molar-refractivity contribution in [3.05, 3.63) is 36.1 Å². The van der Waals surface area contributed by atoms with E-state index in [0.29, 0.717) is 5.76 Å². The van der Waals surface area contributed by atoms with Crippen LogP contribution in [0.5, 0.6) is 0 Å². The van der Waals surface area contributed by atoms with E-state index in [1.807, 2.05) is 37.3 Å². The van der Waals surface area contributed by atoms with Crippen molar-refractivity contribution in [3.63, 3.8) is 0 Å². The standard InChI is InChI=1S/C15H15NO4/c1-9(16-8-11(15(18)19)7-14(16)17)13-6-10-4-2-3-5-12(10)20-13/h2-6,9,11H,7-8H2,1H3,(H,18,19)/t9-,11-/m1/s1. The second kappa shape index (κ2) is 4.67. The number of aliphatic carboxylic acids is 1. The number of furan rings is 1. The van der Waals surface area contributed by atoms with Gasteiger partial charge in [-0.15, -0.1) is 0 Å². The summed E-state index contributed by atoms with van der Waals surface area (Å²) in [6.45, 7) is 2.10. The molecule has 1 amide bonds. The Morgan fingerprint density at radius 1 is 1.45 bits per heavy atom. The van der Waals surface area contributed by atoms with Gasteiger partial charge < -0.3 is 14.4 Å². The van der Waals surface area contributed by atoms with E-state index in [9.17, 15) is 9.59 Å². The lowest BCUT2D eigenvalue weighted by atomic mass is 10.1. The maximum absolute atomic E-state index is 11.9. The third-order valence-electron chi connectivity index (χ3n) is 3.83. The predicted molar refractivity (Wildman–Crippen MR) is 72.1 cm³/mol. The Morgan fingerprint density at radius 2 is 2.20 bits per heavy atom. The highest BCUT2D eigenvalue weighted by molar-refractivity contribution is 5.86. The Bertz CT molecular complexity index is 642. The van der Waals surface area contributed by atoms with Crippen molar-refractivity contribution >= 4 is 22.8 Å². The topological polar surface area (TPSA) is 70.8 Å². The molecule has 2 aromatic rings. The lowest BCUT2D eigenvalue weighted by Crippen LogP contribution is -2.29. The van der Waals surface area contributed by atoms with Crippen LogP contribution in [0.3, 0.4) is 0 Å². The summed E-state index contributed by atoms with van der Waals surface area (Å²) in [6, 6.07) is 9.29. The number of carbonyl (C=O) groups excluding carboxylic acids is 1. The van der Waals surface area contributed by atoms with Crippen LogP contribution >= 0.6 is 0 Å². The van der Waals surface area contributed by atoms with Crippen LogP contribution in [-0.2, 0) is 9.59 Å². The lowest BCUT2D eigenvalue weighted by Gasteiger charge is -2.22. The maximum Gasteiger partial charge on any atom is 0.308 e. The average molecular weight is 273 g/mol. The summed E-state index contributed by atoms with van der Waals surface area (Å²) in [7, 11) is 0. The van der Waals surface area contributed by atoms with Crippen LogP contribution in [0.15, 0.2) is 34.7 Å². The summed E-state index contributed by atoms with van der Waals surface area (Å²) in [5.74, 6) is -0.983. The molecular formula is C15H15NO4. The van der Waals surface area contributed by atoms with Crippen LogP contribution in [-0.4, -0.2) is 28.4 Å². The highest BCUT2D eigenvalue weighted by atomic mass is 16.4. The Labute approximate surface area is 115 Å². The minimum absolute atomic E-state index is 0.0693. The van der Waals surface area contributed by atoms with Gasteiger partial charge in [0.15, 0.2) is 0 Å². The molecule has 1 aromatic carbocycles. The fraction of sp³-hybridized carbons (Fsp3) is 0.333. The average Bonchev–Trinajstić information content (AvgIpc) is 3.01. The number of hydrogen-bond acceptors (Lipinski definition) is 3. The van der Waals surface area contributed by atoms with Gasteiger partial charge in [-0.25, -0.2) is 0 Å². The Hall–Kier alpha value is -2.30. The zero-order chi connectivity index (χ0) is 14.3. The third kappa shape index (κ3) is 2.05. The van der Waals surface area contributed by atoms with Crippen molar-refractivity contribution in [2.75, 3.05) is 6.54 Å². The molecule has 2 atom stereocenters. The fourth-order valence-electron chi connectivity index (χ4n) is 2.63. The molecule has 5 heteroatoms. The summed E-state index contributed by atoms with van der Waals surface area (Å²) >= 11 is 0. The van der Waals surface area contributed by atoms with Crippen LogP contribution in [0.2, 0.25) is 0 Å². The van der Waals surface area contributed by atoms with Gasteiger partial charge in [0, 0.05) is 18.4 Å². The summed E-state index contributed by atoms with van der Waals surface area (Å²) < 4.78 is 5.74. The number of benzene rings is 1. The number of rotatable bonds is 3. The second-order valence-corrected chi connectivity index (χ2v) is 5.15. The highest BCUT2D eigenvalue weighted by Crippen LogP contribution is 2.31. The van der Waals surface area contributed by atoms with Crippen molar-refractivity contribution in [2.45, 2.75) is 19.4 Å². The summed E-state index contributed by atoms with van der Waals surface area (Å²) in [4.78, 5) is 24.5. The second-order valence-electron chi connectivity index (χ2n) is 5.15. The molecule has 1 N–H and O–H groups in total. The Kier molecular flexibility index (Phi) is 2.97. The molecule has 20 heavy (non-hydrogen) atoms. The molecule has 0 aliphatic carbocycles. The summed E-state index contributed by atoms with van der Waals surface area (Å²) in [5.41, 5.74) is 0.774. The monoisotopic (exact) mass is 273 g/mol. The van der Waals surface area contributed by atoms with Crippen LogP contribution in [0, 0.1) is 5.92 Å². The molecule has 0 saturated carbocycles. The number of carboxylic acids is 1. The number of fused-ring (bicyclic) bond motifs is 1. The summed E-state index contributed by atoms with van der Waals surface area (Å²) in [5, 5.41) is 10.00. The molecule has 0 unspecified atom stereocenters. The Morgan fingerprint density at radius 3 is 2.85 bits per heavy atom. The van der Waals surface area contributed by atoms with Crippen molar-refractivity contribution < 1.29 is 19.1 Å². The summed E-state index contributed by atoms with van der Waals surface area (Å²) in [6.07, 6.45) is 0.0693. The van der Waals surface area contributed by atoms with Gasteiger partial charge in [-0.3, -0.25) is 9.59 Å². The molecule has 3 rings (SSSR count). The van der Waals surface area contributed by atoms with Crippen LogP contribution in [0.1, 0.15) is 25.1 Å². The zero-order valence-electron chi connectivity index (χ0n) is 11.1. The molecule has 0 spiro atoms. The van der Waals surface area contributed by atoms with Gasteiger partial charge in [0.05, 0.1) is 12.0 Å². The van der Waals surface area contributed by atoms with Crippen molar-refractivity contribution in [3.8, 4) is 0 Å². The van der Waals surface area contributed by atoms with Crippen molar-refractivity contribution in [1.29, 1.82) is 0 Å².